The van der Waals surface area contributed by atoms with Gasteiger partial charge in [0.2, 0.25) is 5.91 Å². The van der Waals surface area contributed by atoms with Crippen LogP contribution in [0.2, 0.25) is 0 Å². The number of rotatable bonds is 5. The Kier molecular flexibility index (Phi) is 5.39. The van der Waals surface area contributed by atoms with Crippen LogP contribution in [0.1, 0.15) is 51.8 Å². The minimum Gasteiger partial charge on any atom is -0.338 e. The van der Waals surface area contributed by atoms with Crippen molar-refractivity contribution >= 4 is 5.91 Å². The van der Waals surface area contributed by atoms with Gasteiger partial charge in [-0.05, 0) is 18.8 Å². The standard InChI is InChI=1S/C16H28N4O/c1-12(2)16-18-6-9-19(16)7-5-15(21)20-8-4-13(3)10-14(20)11-17/h6,9,12-14H,4-5,7-8,10-11,17H2,1-3H3. The van der Waals surface area contributed by atoms with Gasteiger partial charge in [-0.15, -0.1) is 0 Å². The highest BCUT2D eigenvalue weighted by atomic mass is 16.2. The van der Waals surface area contributed by atoms with Crippen molar-refractivity contribution in [3.8, 4) is 0 Å². The zero-order valence-corrected chi connectivity index (χ0v) is 13.5. The summed E-state index contributed by atoms with van der Waals surface area (Å²) in [4.78, 5) is 18.8. The molecule has 0 saturated carbocycles. The molecule has 0 aliphatic carbocycles. The number of carbonyl (C=O) groups is 1. The molecule has 1 amide bonds. The summed E-state index contributed by atoms with van der Waals surface area (Å²) < 4.78 is 2.09. The fourth-order valence-electron chi connectivity index (χ4n) is 3.17. The topological polar surface area (TPSA) is 64.2 Å². The van der Waals surface area contributed by atoms with Gasteiger partial charge in [0.05, 0.1) is 0 Å². The van der Waals surface area contributed by atoms with Crippen molar-refractivity contribution in [3.05, 3.63) is 18.2 Å². The molecule has 5 heteroatoms. The van der Waals surface area contributed by atoms with Crippen LogP contribution < -0.4 is 5.73 Å². The lowest BCUT2D eigenvalue weighted by molar-refractivity contribution is -0.135. The molecule has 0 spiro atoms. The number of imidazole rings is 1. The highest BCUT2D eigenvalue weighted by Crippen LogP contribution is 2.22. The Hall–Kier alpha value is -1.36. The van der Waals surface area contributed by atoms with Gasteiger partial charge in [-0.1, -0.05) is 20.8 Å². The Morgan fingerprint density at radius 1 is 1.52 bits per heavy atom. The number of nitrogens with two attached hydrogens (primary N) is 1. The number of amides is 1. The Balaban J connectivity index is 1.93. The van der Waals surface area contributed by atoms with Gasteiger partial charge in [-0.25, -0.2) is 4.98 Å². The molecule has 21 heavy (non-hydrogen) atoms. The second-order valence-corrected chi connectivity index (χ2v) is 6.49. The maximum absolute atomic E-state index is 12.5. The monoisotopic (exact) mass is 292 g/mol. The largest absolute Gasteiger partial charge is 0.338 e. The Morgan fingerprint density at radius 3 is 2.95 bits per heavy atom. The van der Waals surface area contributed by atoms with Crippen molar-refractivity contribution in [3.63, 3.8) is 0 Å². The molecule has 0 bridgehead atoms. The second kappa shape index (κ2) is 7.07. The number of carbonyl (C=O) groups excluding carboxylic acids is 1. The highest BCUT2D eigenvalue weighted by Gasteiger charge is 2.28. The summed E-state index contributed by atoms with van der Waals surface area (Å²) >= 11 is 0. The number of nitrogens with zero attached hydrogens (tertiary/aromatic N) is 3. The zero-order chi connectivity index (χ0) is 15.4. The van der Waals surface area contributed by atoms with E-state index in [2.05, 4.69) is 30.3 Å². The van der Waals surface area contributed by atoms with Gasteiger partial charge in [-0.3, -0.25) is 4.79 Å². The van der Waals surface area contributed by atoms with Crippen molar-refractivity contribution in [1.29, 1.82) is 0 Å². The van der Waals surface area contributed by atoms with Crippen molar-refractivity contribution in [2.24, 2.45) is 11.7 Å². The zero-order valence-electron chi connectivity index (χ0n) is 13.5. The lowest BCUT2D eigenvalue weighted by atomic mass is 9.92. The summed E-state index contributed by atoms with van der Waals surface area (Å²) in [5.74, 6) is 2.32. The van der Waals surface area contributed by atoms with Gasteiger partial charge < -0.3 is 15.2 Å². The molecule has 1 aliphatic heterocycles. The summed E-state index contributed by atoms with van der Waals surface area (Å²) in [5, 5.41) is 0. The summed E-state index contributed by atoms with van der Waals surface area (Å²) in [7, 11) is 0. The predicted molar refractivity (Wildman–Crippen MR) is 83.9 cm³/mol. The van der Waals surface area contributed by atoms with E-state index in [0.717, 1.165) is 25.2 Å². The quantitative estimate of drug-likeness (QED) is 0.902. The van der Waals surface area contributed by atoms with Crippen LogP contribution in [0.5, 0.6) is 0 Å². The summed E-state index contributed by atoms with van der Waals surface area (Å²) in [6.07, 6.45) is 6.42. The van der Waals surface area contributed by atoms with Crippen LogP contribution in [-0.4, -0.2) is 39.5 Å². The predicted octanol–water partition coefficient (Wildman–Crippen LogP) is 1.98. The molecule has 1 aromatic rings. The molecule has 1 aromatic heterocycles. The molecule has 2 heterocycles. The van der Waals surface area contributed by atoms with E-state index in [1.807, 2.05) is 17.3 Å². The third-order valence-corrected chi connectivity index (χ3v) is 4.40. The minimum atomic E-state index is 0.216. The molecule has 1 saturated heterocycles. The summed E-state index contributed by atoms with van der Waals surface area (Å²) in [5.41, 5.74) is 5.84. The average molecular weight is 292 g/mol. The van der Waals surface area contributed by atoms with Crippen LogP contribution in [0, 0.1) is 5.92 Å². The Bertz CT molecular complexity index is 469. The third kappa shape index (κ3) is 3.84. The molecule has 2 N–H and O–H groups in total. The smallest absolute Gasteiger partial charge is 0.224 e. The van der Waals surface area contributed by atoms with E-state index < -0.39 is 0 Å². The summed E-state index contributed by atoms with van der Waals surface area (Å²) in [6.45, 7) is 8.61. The van der Waals surface area contributed by atoms with E-state index in [0.29, 0.717) is 31.3 Å². The molecule has 0 aromatic carbocycles. The van der Waals surface area contributed by atoms with Crippen LogP contribution in [0.15, 0.2) is 12.4 Å². The molecule has 0 radical (unpaired) electrons. The van der Waals surface area contributed by atoms with Gasteiger partial charge in [0, 0.05) is 50.4 Å². The SMILES string of the molecule is CC1CCN(C(=O)CCn2ccnc2C(C)C)C(CN)C1. The molecule has 2 atom stereocenters. The third-order valence-electron chi connectivity index (χ3n) is 4.40. The second-order valence-electron chi connectivity index (χ2n) is 6.49. The van der Waals surface area contributed by atoms with Crippen LogP contribution in [0.4, 0.5) is 0 Å². The highest BCUT2D eigenvalue weighted by molar-refractivity contribution is 5.76. The van der Waals surface area contributed by atoms with Crippen LogP contribution in [0.25, 0.3) is 0 Å². The molecule has 5 nitrogen and oxygen atoms in total. The first-order valence-electron chi connectivity index (χ1n) is 8.03. The lowest BCUT2D eigenvalue weighted by Gasteiger charge is -2.38. The van der Waals surface area contributed by atoms with E-state index >= 15 is 0 Å². The van der Waals surface area contributed by atoms with Gasteiger partial charge >= 0.3 is 0 Å². The number of hydrogen-bond donors (Lipinski definition) is 1. The first kappa shape index (κ1) is 16.0. The molecule has 2 unspecified atom stereocenters. The minimum absolute atomic E-state index is 0.216. The maximum Gasteiger partial charge on any atom is 0.224 e. The lowest BCUT2D eigenvalue weighted by Crippen LogP contribution is -2.49. The Labute approximate surface area is 127 Å². The van der Waals surface area contributed by atoms with E-state index in [-0.39, 0.29) is 11.9 Å². The van der Waals surface area contributed by atoms with Crippen LogP contribution in [0.3, 0.4) is 0 Å². The molecular formula is C16H28N4O. The number of likely N-dealkylation sites (tertiary alicyclic amines) is 1. The fraction of sp³-hybridized carbons (Fsp3) is 0.750. The first-order chi connectivity index (χ1) is 10.0. The summed E-state index contributed by atoms with van der Waals surface area (Å²) in [6, 6.07) is 0.216. The van der Waals surface area contributed by atoms with Crippen molar-refractivity contribution in [2.45, 2.75) is 58.5 Å². The van der Waals surface area contributed by atoms with Crippen molar-refractivity contribution < 1.29 is 4.79 Å². The number of hydrogen-bond acceptors (Lipinski definition) is 3. The van der Waals surface area contributed by atoms with Crippen molar-refractivity contribution in [1.82, 2.24) is 14.5 Å². The van der Waals surface area contributed by atoms with Gasteiger partial charge in [0.25, 0.3) is 0 Å². The van der Waals surface area contributed by atoms with E-state index in [1.165, 1.54) is 0 Å². The van der Waals surface area contributed by atoms with Gasteiger partial charge in [0.1, 0.15) is 5.82 Å². The average Bonchev–Trinajstić information content (AvgIpc) is 2.93. The fourth-order valence-corrected chi connectivity index (χ4v) is 3.17. The van der Waals surface area contributed by atoms with E-state index in [1.54, 1.807) is 0 Å². The Morgan fingerprint density at radius 2 is 2.29 bits per heavy atom. The first-order valence-corrected chi connectivity index (χ1v) is 8.03. The maximum atomic E-state index is 12.5. The molecule has 118 valence electrons. The molecule has 1 fully saturated rings. The molecule has 1 aliphatic rings. The van der Waals surface area contributed by atoms with Crippen LogP contribution in [-0.2, 0) is 11.3 Å². The number of aromatic nitrogens is 2. The van der Waals surface area contributed by atoms with Crippen molar-refractivity contribution in [2.75, 3.05) is 13.1 Å². The molecular weight excluding hydrogens is 264 g/mol. The van der Waals surface area contributed by atoms with E-state index in [9.17, 15) is 4.79 Å². The number of aryl methyl sites for hydroxylation is 1. The number of piperidine rings is 1. The van der Waals surface area contributed by atoms with Gasteiger partial charge in [-0.2, -0.15) is 0 Å². The van der Waals surface area contributed by atoms with E-state index in [4.69, 9.17) is 5.73 Å². The van der Waals surface area contributed by atoms with Crippen LogP contribution >= 0.6 is 0 Å². The van der Waals surface area contributed by atoms with Gasteiger partial charge in [0.15, 0.2) is 0 Å². The molecule has 2 rings (SSSR count). The normalized spacial score (nSPS) is 22.8.